The van der Waals surface area contributed by atoms with Crippen molar-refractivity contribution < 1.29 is 20.1 Å². The van der Waals surface area contributed by atoms with E-state index < -0.39 is 18.2 Å². The molecule has 0 aromatic heterocycles. The maximum Gasteiger partial charge on any atom is 0.222 e. The molecule has 53 heavy (non-hydrogen) atoms. The lowest BCUT2D eigenvalue weighted by molar-refractivity contribution is -0.124. The van der Waals surface area contributed by atoms with Crippen LogP contribution in [0, 0.1) is 0 Å². The van der Waals surface area contributed by atoms with Gasteiger partial charge in [-0.25, -0.2) is 0 Å². The number of hydrogen-bond donors (Lipinski definition) is 4. The summed E-state index contributed by atoms with van der Waals surface area (Å²) in [7, 11) is 0. The summed E-state index contributed by atoms with van der Waals surface area (Å²) in [5.74, 6) is -0.316. The van der Waals surface area contributed by atoms with E-state index in [1.54, 1.807) is 6.08 Å². The third kappa shape index (κ3) is 40.3. The summed E-state index contributed by atoms with van der Waals surface area (Å²) < 4.78 is 0. The van der Waals surface area contributed by atoms with Crippen LogP contribution in [0.3, 0.4) is 0 Å². The zero-order valence-electron chi connectivity index (χ0n) is 35.7. The Morgan fingerprint density at radius 2 is 0.792 bits per heavy atom. The van der Waals surface area contributed by atoms with Gasteiger partial charge in [-0.05, 0) is 44.9 Å². The second-order valence-corrected chi connectivity index (χ2v) is 16.4. The van der Waals surface area contributed by atoms with Gasteiger partial charge in [-0.2, -0.15) is 0 Å². The van der Waals surface area contributed by atoms with Crippen molar-refractivity contribution in [3.05, 3.63) is 24.3 Å². The number of nitrogens with one attached hydrogen (secondary N) is 1. The van der Waals surface area contributed by atoms with Crippen molar-refractivity contribution in [2.75, 3.05) is 6.61 Å². The monoisotopic (exact) mass is 748 g/mol. The van der Waals surface area contributed by atoms with E-state index in [0.29, 0.717) is 6.42 Å². The third-order valence-corrected chi connectivity index (χ3v) is 11.0. The molecule has 0 aliphatic carbocycles. The van der Waals surface area contributed by atoms with Crippen molar-refractivity contribution in [2.24, 2.45) is 0 Å². The molecule has 314 valence electrons. The van der Waals surface area contributed by atoms with Crippen LogP contribution in [0.1, 0.15) is 251 Å². The Morgan fingerprint density at radius 3 is 1.15 bits per heavy atom. The van der Waals surface area contributed by atoms with Gasteiger partial charge in [0.2, 0.25) is 5.91 Å². The Labute approximate surface area is 331 Å². The van der Waals surface area contributed by atoms with Crippen LogP contribution in [0.4, 0.5) is 0 Å². The van der Waals surface area contributed by atoms with Gasteiger partial charge in [0.1, 0.15) is 0 Å². The number of carbonyl (C=O) groups excluding carboxylic acids is 1. The molecule has 0 fully saturated rings. The van der Waals surface area contributed by atoms with Gasteiger partial charge in [0.15, 0.2) is 0 Å². The van der Waals surface area contributed by atoms with Gasteiger partial charge in [-0.15, -0.1) is 0 Å². The molecule has 0 saturated carbocycles. The number of aliphatic hydroxyl groups excluding tert-OH is 3. The minimum Gasteiger partial charge on any atom is -0.394 e. The zero-order valence-corrected chi connectivity index (χ0v) is 35.7. The zero-order chi connectivity index (χ0) is 38.7. The molecule has 3 unspecified atom stereocenters. The molecule has 0 saturated heterocycles. The van der Waals surface area contributed by atoms with Gasteiger partial charge < -0.3 is 20.6 Å². The van der Waals surface area contributed by atoms with E-state index in [1.807, 2.05) is 6.08 Å². The highest BCUT2D eigenvalue weighted by Crippen LogP contribution is 2.16. The van der Waals surface area contributed by atoms with E-state index in [-0.39, 0.29) is 18.9 Å². The van der Waals surface area contributed by atoms with Crippen molar-refractivity contribution in [1.29, 1.82) is 0 Å². The number of hydrogen-bond acceptors (Lipinski definition) is 4. The van der Waals surface area contributed by atoms with Gasteiger partial charge in [-0.1, -0.05) is 224 Å². The Kier molecular flexibility index (Phi) is 42.6. The highest BCUT2D eigenvalue weighted by Gasteiger charge is 2.20. The van der Waals surface area contributed by atoms with Crippen LogP contribution in [-0.2, 0) is 4.79 Å². The largest absolute Gasteiger partial charge is 0.394 e. The number of amides is 1. The molecule has 0 aliphatic heterocycles. The second-order valence-electron chi connectivity index (χ2n) is 16.4. The summed E-state index contributed by atoms with van der Waals surface area (Å²) >= 11 is 0. The molecular formula is C48H93NO4. The molecule has 0 aliphatic rings. The van der Waals surface area contributed by atoms with E-state index in [1.165, 1.54) is 199 Å². The Morgan fingerprint density at radius 1 is 0.472 bits per heavy atom. The van der Waals surface area contributed by atoms with Crippen LogP contribution in [0.15, 0.2) is 24.3 Å². The van der Waals surface area contributed by atoms with E-state index in [0.717, 1.165) is 25.7 Å². The Balaban J connectivity index is 3.52. The first kappa shape index (κ1) is 51.8. The highest BCUT2D eigenvalue weighted by molar-refractivity contribution is 5.76. The lowest BCUT2D eigenvalue weighted by atomic mass is 10.0. The van der Waals surface area contributed by atoms with Crippen LogP contribution in [0.5, 0.6) is 0 Å². The first-order chi connectivity index (χ1) is 26.0. The summed E-state index contributed by atoms with van der Waals surface area (Å²) in [4.78, 5) is 12.4. The first-order valence-corrected chi connectivity index (χ1v) is 23.6. The van der Waals surface area contributed by atoms with Crippen LogP contribution >= 0.6 is 0 Å². The molecule has 0 aromatic carbocycles. The molecule has 5 nitrogen and oxygen atoms in total. The molecule has 0 bridgehead atoms. The topological polar surface area (TPSA) is 89.8 Å². The molecule has 1 amide bonds. The number of unbranched alkanes of at least 4 members (excludes halogenated alkanes) is 32. The second kappa shape index (κ2) is 43.6. The standard InChI is InChI=1S/C48H93NO4/c1-3-5-7-9-11-13-15-16-17-18-19-20-21-22-23-24-25-26-27-28-29-30-31-32-33-35-37-39-41-45(51)43-48(53)49-46(44-50)47(52)42-40-38-36-34-14-12-10-8-6-4-2/h22-23,40,42,45-47,50-52H,3-21,24-39,41,43-44H2,1-2H3,(H,49,53)/b23-22-,42-40+. The Hall–Kier alpha value is -1.17. The van der Waals surface area contributed by atoms with Crippen LogP contribution in [-0.4, -0.2) is 46.1 Å². The van der Waals surface area contributed by atoms with Crippen molar-refractivity contribution in [1.82, 2.24) is 5.32 Å². The molecule has 5 heteroatoms. The molecule has 0 heterocycles. The minimum absolute atomic E-state index is 0.0153. The van der Waals surface area contributed by atoms with E-state index >= 15 is 0 Å². The predicted octanol–water partition coefficient (Wildman–Crippen LogP) is 13.8. The fourth-order valence-corrected chi connectivity index (χ4v) is 7.34. The van der Waals surface area contributed by atoms with Crippen molar-refractivity contribution in [3.8, 4) is 0 Å². The van der Waals surface area contributed by atoms with Crippen molar-refractivity contribution in [2.45, 2.75) is 270 Å². The number of allylic oxidation sites excluding steroid dienone is 3. The fraction of sp³-hybridized carbons (Fsp3) is 0.896. The van der Waals surface area contributed by atoms with Crippen molar-refractivity contribution >= 4 is 5.91 Å². The van der Waals surface area contributed by atoms with Gasteiger partial charge in [0, 0.05) is 0 Å². The fourth-order valence-electron chi connectivity index (χ4n) is 7.34. The average molecular weight is 748 g/mol. The SMILES string of the molecule is CCCCCCCCCC/C=C/C(O)C(CO)NC(=O)CC(O)CCCCCCCCCCCCCC/C=C\CCCCCCCCCCCCCC. The summed E-state index contributed by atoms with van der Waals surface area (Å²) in [6.45, 7) is 4.20. The highest BCUT2D eigenvalue weighted by atomic mass is 16.3. The third-order valence-electron chi connectivity index (χ3n) is 11.0. The number of carbonyl (C=O) groups is 1. The van der Waals surface area contributed by atoms with Crippen LogP contribution in [0.25, 0.3) is 0 Å². The maximum absolute atomic E-state index is 12.4. The number of rotatable bonds is 43. The van der Waals surface area contributed by atoms with E-state index in [2.05, 4.69) is 31.3 Å². The summed E-state index contributed by atoms with van der Waals surface area (Å²) in [5.41, 5.74) is 0. The minimum atomic E-state index is -0.925. The van der Waals surface area contributed by atoms with Gasteiger partial charge in [-0.3, -0.25) is 4.79 Å². The van der Waals surface area contributed by atoms with Crippen LogP contribution < -0.4 is 5.32 Å². The molecule has 0 aromatic rings. The average Bonchev–Trinajstić information content (AvgIpc) is 3.15. The van der Waals surface area contributed by atoms with E-state index in [4.69, 9.17) is 0 Å². The maximum atomic E-state index is 12.4. The quantitative estimate of drug-likeness (QED) is 0.0369. The van der Waals surface area contributed by atoms with Gasteiger partial charge >= 0.3 is 0 Å². The van der Waals surface area contributed by atoms with Crippen molar-refractivity contribution in [3.63, 3.8) is 0 Å². The lowest BCUT2D eigenvalue weighted by Crippen LogP contribution is -2.45. The molecular weight excluding hydrogens is 655 g/mol. The normalized spacial score (nSPS) is 13.7. The number of aliphatic hydroxyl groups is 3. The molecule has 0 radical (unpaired) electrons. The molecule has 3 atom stereocenters. The predicted molar refractivity (Wildman–Crippen MR) is 231 cm³/mol. The lowest BCUT2D eigenvalue weighted by Gasteiger charge is -2.21. The Bertz CT molecular complexity index is 784. The van der Waals surface area contributed by atoms with E-state index in [9.17, 15) is 20.1 Å². The van der Waals surface area contributed by atoms with Gasteiger partial charge in [0.05, 0.1) is 31.3 Å². The smallest absolute Gasteiger partial charge is 0.222 e. The summed E-state index contributed by atoms with van der Waals surface area (Å²) in [6, 6.07) is -0.740. The molecule has 0 spiro atoms. The van der Waals surface area contributed by atoms with Gasteiger partial charge in [0.25, 0.3) is 0 Å². The molecule has 4 N–H and O–H groups in total. The molecule has 0 rings (SSSR count). The van der Waals surface area contributed by atoms with Crippen LogP contribution in [0.2, 0.25) is 0 Å². The first-order valence-electron chi connectivity index (χ1n) is 23.6. The summed E-state index contributed by atoms with van der Waals surface area (Å²) in [5, 5.41) is 33.1. The summed E-state index contributed by atoms with van der Waals surface area (Å²) in [6.07, 6.45) is 53.5.